The summed E-state index contributed by atoms with van der Waals surface area (Å²) in [6.45, 7) is 6.88. The molecule has 0 N–H and O–H groups in total. The maximum atomic E-state index is 2.51. The SMILES string of the molecule is CCCCCCCCC1(CCCCCCC)c2ccccc2-c2ccc(C)cc21. The zero-order valence-electron chi connectivity index (χ0n) is 19.2. The van der Waals surface area contributed by atoms with Gasteiger partial charge in [-0.25, -0.2) is 0 Å². The van der Waals surface area contributed by atoms with Gasteiger partial charge in [0.2, 0.25) is 0 Å². The third kappa shape index (κ3) is 5.14. The fraction of sp³-hybridized carbons (Fsp3) is 0.586. The van der Waals surface area contributed by atoms with Crippen LogP contribution >= 0.6 is 0 Å². The standard InChI is InChI=1S/C29H42/c1-4-6-8-10-12-16-22-29(21-15-11-9-7-5-2)27-18-14-13-17-25(27)26-20-19-24(3)23-28(26)29/h13-14,17-20,23H,4-12,15-16,21-22H2,1-3H3. The van der Waals surface area contributed by atoms with Gasteiger partial charge >= 0.3 is 0 Å². The van der Waals surface area contributed by atoms with Crippen molar-refractivity contribution in [2.24, 2.45) is 0 Å². The van der Waals surface area contributed by atoms with E-state index in [1.165, 1.54) is 100 Å². The Kier molecular flexibility index (Phi) is 8.40. The predicted molar refractivity (Wildman–Crippen MR) is 129 cm³/mol. The summed E-state index contributed by atoms with van der Waals surface area (Å²) in [5.74, 6) is 0. The second kappa shape index (κ2) is 11.0. The van der Waals surface area contributed by atoms with E-state index < -0.39 is 0 Å². The van der Waals surface area contributed by atoms with Crippen molar-refractivity contribution in [3.05, 3.63) is 59.2 Å². The molecule has 0 radical (unpaired) electrons. The number of hydrogen-bond acceptors (Lipinski definition) is 0. The van der Waals surface area contributed by atoms with Crippen molar-refractivity contribution in [2.75, 3.05) is 0 Å². The van der Waals surface area contributed by atoms with Crippen LogP contribution in [0.25, 0.3) is 11.1 Å². The summed E-state index contributed by atoms with van der Waals surface area (Å²) < 4.78 is 0. The Balaban J connectivity index is 1.84. The van der Waals surface area contributed by atoms with Crippen LogP contribution in [-0.2, 0) is 5.41 Å². The topological polar surface area (TPSA) is 0 Å². The lowest BCUT2D eigenvalue weighted by atomic mass is 9.70. The summed E-state index contributed by atoms with van der Waals surface area (Å²) in [5, 5.41) is 0. The Morgan fingerprint density at radius 3 is 1.79 bits per heavy atom. The van der Waals surface area contributed by atoms with Gasteiger partial charge in [-0.2, -0.15) is 0 Å². The van der Waals surface area contributed by atoms with E-state index in [9.17, 15) is 0 Å². The Morgan fingerprint density at radius 1 is 0.586 bits per heavy atom. The smallest absolute Gasteiger partial charge is 0.0215 e. The molecule has 2 aromatic rings. The summed E-state index contributed by atoms with van der Waals surface area (Å²) in [5.41, 5.74) is 7.91. The molecular formula is C29H42. The number of benzene rings is 2. The van der Waals surface area contributed by atoms with Crippen LogP contribution in [0.3, 0.4) is 0 Å². The molecule has 0 amide bonds. The van der Waals surface area contributed by atoms with Crippen LogP contribution in [0.15, 0.2) is 42.5 Å². The van der Waals surface area contributed by atoms with Crippen molar-refractivity contribution in [2.45, 2.75) is 110 Å². The van der Waals surface area contributed by atoms with E-state index >= 15 is 0 Å². The van der Waals surface area contributed by atoms with Gasteiger partial charge in [-0.15, -0.1) is 0 Å². The molecule has 158 valence electrons. The lowest BCUT2D eigenvalue weighted by Gasteiger charge is -2.33. The van der Waals surface area contributed by atoms with E-state index in [0.717, 1.165) is 0 Å². The first-order valence-electron chi connectivity index (χ1n) is 12.4. The summed E-state index contributed by atoms with van der Waals surface area (Å²) in [6, 6.07) is 16.5. The van der Waals surface area contributed by atoms with Crippen LogP contribution in [0.1, 0.15) is 114 Å². The van der Waals surface area contributed by atoms with Crippen molar-refractivity contribution in [1.82, 2.24) is 0 Å². The van der Waals surface area contributed by atoms with Gasteiger partial charge in [0.05, 0.1) is 0 Å². The third-order valence-electron chi connectivity index (χ3n) is 7.09. The summed E-state index contributed by atoms with van der Waals surface area (Å²) in [4.78, 5) is 0. The second-order valence-corrected chi connectivity index (χ2v) is 9.36. The fourth-order valence-corrected chi connectivity index (χ4v) is 5.47. The van der Waals surface area contributed by atoms with Crippen molar-refractivity contribution >= 4 is 0 Å². The molecule has 0 saturated heterocycles. The van der Waals surface area contributed by atoms with Crippen LogP contribution in [0.2, 0.25) is 0 Å². The molecule has 0 spiro atoms. The molecule has 29 heavy (non-hydrogen) atoms. The maximum absolute atomic E-state index is 2.51. The van der Waals surface area contributed by atoms with E-state index in [2.05, 4.69) is 63.2 Å². The minimum Gasteiger partial charge on any atom is -0.0654 e. The molecule has 0 nitrogen and oxygen atoms in total. The molecule has 3 rings (SSSR count). The zero-order valence-corrected chi connectivity index (χ0v) is 19.2. The molecule has 1 aliphatic rings. The molecule has 0 aliphatic heterocycles. The normalized spacial score (nSPS) is 17.3. The van der Waals surface area contributed by atoms with Gasteiger partial charge in [-0.1, -0.05) is 133 Å². The van der Waals surface area contributed by atoms with E-state index in [1.807, 2.05) is 0 Å². The summed E-state index contributed by atoms with van der Waals surface area (Å²) >= 11 is 0. The van der Waals surface area contributed by atoms with Gasteiger partial charge in [0, 0.05) is 5.41 Å². The fourth-order valence-electron chi connectivity index (χ4n) is 5.47. The van der Waals surface area contributed by atoms with Gasteiger partial charge in [0.25, 0.3) is 0 Å². The molecular weight excluding hydrogens is 348 g/mol. The average Bonchev–Trinajstić information content (AvgIpc) is 3.00. The van der Waals surface area contributed by atoms with Crippen LogP contribution in [0.4, 0.5) is 0 Å². The van der Waals surface area contributed by atoms with E-state index in [-0.39, 0.29) is 5.41 Å². The second-order valence-electron chi connectivity index (χ2n) is 9.36. The summed E-state index contributed by atoms with van der Waals surface area (Å²) in [7, 11) is 0. The van der Waals surface area contributed by atoms with E-state index in [1.54, 1.807) is 11.1 Å². The minimum atomic E-state index is 0.245. The monoisotopic (exact) mass is 390 g/mol. The predicted octanol–water partition coefficient (Wildman–Crippen LogP) is 9.37. The lowest BCUT2D eigenvalue weighted by Crippen LogP contribution is -2.25. The van der Waals surface area contributed by atoms with Gasteiger partial charge < -0.3 is 0 Å². The van der Waals surface area contributed by atoms with Crippen molar-refractivity contribution in [3.63, 3.8) is 0 Å². The van der Waals surface area contributed by atoms with Crippen molar-refractivity contribution in [1.29, 1.82) is 0 Å². The molecule has 1 aliphatic carbocycles. The number of fused-ring (bicyclic) bond motifs is 3. The Bertz CT molecular complexity index is 756. The maximum Gasteiger partial charge on any atom is 0.0215 e. The van der Waals surface area contributed by atoms with Crippen LogP contribution < -0.4 is 0 Å². The first kappa shape index (κ1) is 22.1. The highest BCUT2D eigenvalue weighted by Gasteiger charge is 2.41. The number of hydrogen-bond donors (Lipinski definition) is 0. The highest BCUT2D eigenvalue weighted by atomic mass is 14.4. The highest BCUT2D eigenvalue weighted by molar-refractivity contribution is 5.81. The largest absolute Gasteiger partial charge is 0.0654 e. The quantitative estimate of drug-likeness (QED) is 0.299. The third-order valence-corrected chi connectivity index (χ3v) is 7.09. The molecule has 0 heterocycles. The average molecular weight is 391 g/mol. The summed E-state index contributed by atoms with van der Waals surface area (Å²) in [6.07, 6.45) is 17.8. The molecule has 0 saturated carbocycles. The Hall–Kier alpha value is -1.56. The first-order chi connectivity index (χ1) is 14.2. The number of aryl methyl sites for hydroxylation is 1. The molecule has 0 fully saturated rings. The lowest BCUT2D eigenvalue weighted by molar-refractivity contribution is 0.398. The van der Waals surface area contributed by atoms with Crippen LogP contribution in [0, 0.1) is 6.92 Å². The van der Waals surface area contributed by atoms with Crippen LogP contribution in [-0.4, -0.2) is 0 Å². The number of unbranched alkanes of at least 4 members (excludes halogenated alkanes) is 9. The molecule has 0 heteroatoms. The van der Waals surface area contributed by atoms with Gasteiger partial charge in [0.15, 0.2) is 0 Å². The van der Waals surface area contributed by atoms with Gasteiger partial charge in [-0.05, 0) is 42.0 Å². The molecule has 1 atom stereocenters. The molecule has 0 aromatic heterocycles. The zero-order chi connectivity index (χ0) is 20.5. The van der Waals surface area contributed by atoms with Gasteiger partial charge in [0.1, 0.15) is 0 Å². The molecule has 2 aromatic carbocycles. The van der Waals surface area contributed by atoms with E-state index in [0.29, 0.717) is 0 Å². The minimum absolute atomic E-state index is 0.245. The van der Waals surface area contributed by atoms with E-state index in [4.69, 9.17) is 0 Å². The molecule has 1 unspecified atom stereocenters. The van der Waals surface area contributed by atoms with Crippen LogP contribution in [0.5, 0.6) is 0 Å². The van der Waals surface area contributed by atoms with Crippen molar-refractivity contribution < 1.29 is 0 Å². The molecule has 0 bridgehead atoms. The Morgan fingerprint density at radius 2 is 1.14 bits per heavy atom. The first-order valence-corrected chi connectivity index (χ1v) is 12.4. The van der Waals surface area contributed by atoms with Gasteiger partial charge in [-0.3, -0.25) is 0 Å². The Labute approximate surface area is 180 Å². The highest BCUT2D eigenvalue weighted by Crippen LogP contribution is 2.54. The number of rotatable bonds is 13. The van der Waals surface area contributed by atoms with Crippen molar-refractivity contribution in [3.8, 4) is 11.1 Å².